The van der Waals surface area contributed by atoms with Crippen molar-refractivity contribution in [2.24, 2.45) is 0 Å². The molecule has 0 aliphatic carbocycles. The lowest BCUT2D eigenvalue weighted by Crippen LogP contribution is -2.46. The number of H-pyrrole nitrogens is 3. The van der Waals surface area contributed by atoms with Crippen LogP contribution in [0.5, 0.6) is 0 Å². The van der Waals surface area contributed by atoms with Gasteiger partial charge in [0, 0.05) is 5.69 Å². The van der Waals surface area contributed by atoms with Crippen LogP contribution in [-0.2, 0) is 0 Å². The van der Waals surface area contributed by atoms with Gasteiger partial charge in [-0.05, 0) is 24.6 Å². The Labute approximate surface area is 124 Å². The van der Waals surface area contributed by atoms with Gasteiger partial charge in [0.25, 0.3) is 11.1 Å². The summed E-state index contributed by atoms with van der Waals surface area (Å²) in [6, 6.07) is 9.31. The molecular formula is C16H14N4O2. The minimum absolute atomic E-state index is 0.172. The molecule has 3 N–H and O–H groups in total. The van der Waals surface area contributed by atoms with Crippen LogP contribution in [0.4, 0.5) is 0 Å². The maximum absolute atomic E-state index is 12.1. The van der Waals surface area contributed by atoms with Crippen molar-refractivity contribution < 1.29 is 0 Å². The van der Waals surface area contributed by atoms with Gasteiger partial charge in [0.05, 0.1) is 12.0 Å². The maximum Gasteiger partial charge on any atom is 0.272 e. The summed E-state index contributed by atoms with van der Waals surface area (Å²) in [5, 5.41) is 0.387. The molecule has 0 atom stereocenters. The first-order valence-corrected chi connectivity index (χ1v) is 6.74. The Kier molecular flexibility index (Phi) is 3.57. The van der Waals surface area contributed by atoms with Gasteiger partial charge < -0.3 is 15.0 Å². The van der Waals surface area contributed by atoms with Crippen molar-refractivity contribution in [1.29, 1.82) is 0 Å². The molecule has 0 aliphatic heterocycles. The van der Waals surface area contributed by atoms with Gasteiger partial charge >= 0.3 is 0 Å². The summed E-state index contributed by atoms with van der Waals surface area (Å²) < 4.78 is 0. The molecular weight excluding hydrogens is 280 g/mol. The van der Waals surface area contributed by atoms with Crippen LogP contribution < -0.4 is 21.8 Å². The number of imidazole rings is 1. The molecule has 0 fully saturated rings. The summed E-state index contributed by atoms with van der Waals surface area (Å²) in [6.45, 7) is 1.84. The normalized spacial score (nSPS) is 12.8. The largest absolute Gasteiger partial charge is 0.348 e. The van der Waals surface area contributed by atoms with Crippen molar-refractivity contribution in [2.75, 3.05) is 0 Å². The predicted octanol–water partition coefficient (Wildman–Crippen LogP) is -0.248. The number of nitrogens with one attached hydrogen (secondary N) is 3. The molecule has 3 rings (SSSR count). The van der Waals surface area contributed by atoms with Crippen molar-refractivity contribution in [3.63, 3.8) is 0 Å². The number of aromatic nitrogens is 4. The Hall–Kier alpha value is -3.15. The molecule has 6 heteroatoms. The van der Waals surface area contributed by atoms with Gasteiger partial charge in [-0.1, -0.05) is 30.3 Å². The number of aryl methyl sites for hydroxylation is 1. The molecule has 22 heavy (non-hydrogen) atoms. The van der Waals surface area contributed by atoms with E-state index in [-0.39, 0.29) is 21.8 Å². The van der Waals surface area contributed by atoms with E-state index in [1.54, 1.807) is 12.2 Å². The summed E-state index contributed by atoms with van der Waals surface area (Å²) >= 11 is 0. The van der Waals surface area contributed by atoms with E-state index in [0.717, 1.165) is 11.3 Å². The number of nitrogens with zero attached hydrogens (tertiary/aromatic N) is 1. The molecule has 1 aromatic carbocycles. The van der Waals surface area contributed by atoms with Crippen LogP contribution in [0.15, 0.2) is 46.2 Å². The first-order chi connectivity index (χ1) is 10.6. The lowest BCUT2D eigenvalue weighted by atomic mass is 10.2. The third-order valence-corrected chi connectivity index (χ3v) is 3.25. The lowest BCUT2D eigenvalue weighted by Gasteiger charge is -1.93. The molecule has 0 bridgehead atoms. The van der Waals surface area contributed by atoms with Crippen molar-refractivity contribution in [2.45, 2.75) is 6.92 Å². The smallest absolute Gasteiger partial charge is 0.272 e. The van der Waals surface area contributed by atoms with Gasteiger partial charge in [-0.2, -0.15) is 0 Å². The highest BCUT2D eigenvalue weighted by Gasteiger charge is 2.00. The third kappa shape index (κ3) is 2.80. The molecule has 0 unspecified atom stereocenters. The summed E-state index contributed by atoms with van der Waals surface area (Å²) in [5.41, 5.74) is 1.54. The molecule has 2 heterocycles. The van der Waals surface area contributed by atoms with Gasteiger partial charge in [-0.25, -0.2) is 4.98 Å². The van der Waals surface area contributed by atoms with Crippen LogP contribution in [-0.4, -0.2) is 19.9 Å². The summed E-state index contributed by atoms with van der Waals surface area (Å²) in [6.07, 6.45) is 4.70. The van der Waals surface area contributed by atoms with E-state index >= 15 is 0 Å². The van der Waals surface area contributed by atoms with Crippen molar-refractivity contribution in [3.8, 4) is 0 Å². The number of rotatable bonds is 2. The Balaban J connectivity index is 2.16. The molecule has 0 saturated carbocycles. The van der Waals surface area contributed by atoms with Gasteiger partial charge in [-0.15, -0.1) is 0 Å². The van der Waals surface area contributed by atoms with Crippen LogP contribution in [0.25, 0.3) is 12.2 Å². The van der Waals surface area contributed by atoms with E-state index in [0.29, 0.717) is 5.69 Å². The standard InChI is InChI=1S/C16H14N4O2/c1-10-12(18-9-17-10)8-14-16(22)19-13(15(21)20-14)7-11-5-3-2-4-6-11/h2-9H,1H3,(H,17,18)(H,19,22)(H,20,21)/b13-7+,14-8+. The van der Waals surface area contributed by atoms with Crippen molar-refractivity contribution in [1.82, 2.24) is 19.9 Å². The van der Waals surface area contributed by atoms with E-state index in [4.69, 9.17) is 0 Å². The average molecular weight is 294 g/mol. The fourth-order valence-corrected chi connectivity index (χ4v) is 2.06. The van der Waals surface area contributed by atoms with Gasteiger partial charge in [0.1, 0.15) is 10.7 Å². The van der Waals surface area contributed by atoms with E-state index in [2.05, 4.69) is 19.9 Å². The second-order valence-corrected chi connectivity index (χ2v) is 4.85. The molecule has 0 amide bonds. The summed E-state index contributed by atoms with van der Waals surface area (Å²) in [5.74, 6) is 0. The fraction of sp³-hybridized carbons (Fsp3) is 0.0625. The quantitative estimate of drug-likeness (QED) is 0.608. The molecule has 0 aliphatic rings. The molecule has 0 radical (unpaired) electrons. The topological polar surface area (TPSA) is 94.4 Å². The monoisotopic (exact) mass is 294 g/mol. The number of hydrogen-bond acceptors (Lipinski definition) is 3. The molecule has 110 valence electrons. The highest BCUT2D eigenvalue weighted by atomic mass is 16.1. The molecule has 0 saturated heterocycles. The second-order valence-electron chi connectivity index (χ2n) is 4.85. The Morgan fingerprint density at radius 2 is 1.59 bits per heavy atom. The van der Waals surface area contributed by atoms with Crippen LogP contribution in [0.3, 0.4) is 0 Å². The fourth-order valence-electron chi connectivity index (χ4n) is 2.06. The zero-order chi connectivity index (χ0) is 15.5. The minimum atomic E-state index is -0.371. The van der Waals surface area contributed by atoms with Crippen LogP contribution in [0.2, 0.25) is 0 Å². The Bertz CT molecular complexity index is 1030. The van der Waals surface area contributed by atoms with Crippen LogP contribution in [0, 0.1) is 6.92 Å². The lowest BCUT2D eigenvalue weighted by molar-refractivity contribution is 1.00. The SMILES string of the molecule is Cc1[nH]cnc1/C=c1/[nH]c(=O)/c(=C\c2ccccc2)[nH]c1=O. The van der Waals surface area contributed by atoms with Gasteiger partial charge in [0.15, 0.2) is 0 Å². The Morgan fingerprint density at radius 3 is 2.18 bits per heavy atom. The van der Waals surface area contributed by atoms with E-state index in [1.165, 1.54) is 6.33 Å². The van der Waals surface area contributed by atoms with Crippen molar-refractivity contribution in [3.05, 3.63) is 85.0 Å². The van der Waals surface area contributed by atoms with E-state index in [9.17, 15) is 9.59 Å². The zero-order valence-corrected chi connectivity index (χ0v) is 11.9. The number of aromatic amines is 3. The third-order valence-electron chi connectivity index (χ3n) is 3.25. The number of benzene rings is 1. The maximum atomic E-state index is 12.1. The summed E-state index contributed by atoms with van der Waals surface area (Å²) in [4.78, 5) is 36.4. The highest BCUT2D eigenvalue weighted by molar-refractivity contribution is 5.48. The minimum Gasteiger partial charge on any atom is -0.348 e. The molecule has 3 aromatic rings. The molecule has 0 spiro atoms. The number of hydrogen-bond donors (Lipinski definition) is 3. The first kappa shape index (κ1) is 13.8. The second kappa shape index (κ2) is 5.69. The average Bonchev–Trinajstić information content (AvgIpc) is 2.91. The van der Waals surface area contributed by atoms with Crippen LogP contribution in [0.1, 0.15) is 17.0 Å². The molecule has 2 aromatic heterocycles. The summed E-state index contributed by atoms with van der Waals surface area (Å²) in [7, 11) is 0. The highest BCUT2D eigenvalue weighted by Crippen LogP contribution is 1.99. The van der Waals surface area contributed by atoms with Gasteiger partial charge in [-0.3, -0.25) is 9.59 Å². The van der Waals surface area contributed by atoms with Gasteiger partial charge in [0.2, 0.25) is 0 Å². The first-order valence-electron chi connectivity index (χ1n) is 6.74. The molecule has 6 nitrogen and oxygen atoms in total. The zero-order valence-electron chi connectivity index (χ0n) is 11.9. The van der Waals surface area contributed by atoms with Crippen LogP contribution >= 0.6 is 0 Å². The Morgan fingerprint density at radius 1 is 0.955 bits per heavy atom. The predicted molar refractivity (Wildman–Crippen MR) is 83.8 cm³/mol. The van der Waals surface area contributed by atoms with E-state index < -0.39 is 0 Å². The van der Waals surface area contributed by atoms with Crippen molar-refractivity contribution >= 4 is 12.2 Å². The van der Waals surface area contributed by atoms with E-state index in [1.807, 2.05) is 37.3 Å².